The molecule has 0 aromatic carbocycles. The Morgan fingerprint density at radius 3 is 3.00 bits per heavy atom. The van der Waals surface area contributed by atoms with Crippen molar-refractivity contribution >= 4 is 0 Å². The molecule has 154 valence electrons. The third kappa shape index (κ3) is 2.33. The third-order valence-electron chi connectivity index (χ3n) is 9.64. The average Bonchev–Trinajstić information content (AvgIpc) is 3.13. The van der Waals surface area contributed by atoms with Gasteiger partial charge in [0.2, 0.25) is 0 Å². The number of hydrogen-bond acceptors (Lipinski definition) is 3. The van der Waals surface area contributed by atoms with Gasteiger partial charge in [0.25, 0.3) is 0 Å². The van der Waals surface area contributed by atoms with E-state index in [1.165, 1.54) is 51.4 Å². The lowest BCUT2D eigenvalue weighted by Crippen LogP contribution is -2.46. The molecule has 1 aliphatic heterocycles. The monoisotopic (exact) mass is 384 g/mol. The van der Waals surface area contributed by atoms with Crippen LogP contribution >= 0.6 is 0 Å². The molecule has 3 nitrogen and oxygen atoms in total. The van der Waals surface area contributed by atoms with E-state index in [1.54, 1.807) is 16.7 Å². The zero-order chi connectivity index (χ0) is 19.0. The van der Waals surface area contributed by atoms with Gasteiger partial charge in [-0.2, -0.15) is 0 Å². The van der Waals surface area contributed by atoms with Crippen LogP contribution in [-0.4, -0.2) is 24.4 Å². The lowest BCUT2D eigenvalue weighted by Gasteiger charge is -2.50. The van der Waals surface area contributed by atoms with Crippen molar-refractivity contribution in [3.8, 4) is 0 Å². The van der Waals surface area contributed by atoms with Gasteiger partial charge in [-0.15, -0.1) is 0 Å². The van der Waals surface area contributed by atoms with Crippen LogP contribution < -0.4 is 0 Å². The van der Waals surface area contributed by atoms with E-state index in [4.69, 9.17) is 14.5 Å². The van der Waals surface area contributed by atoms with Gasteiger partial charge in [-0.3, -0.25) is 0 Å². The zero-order valence-corrected chi connectivity index (χ0v) is 17.7. The number of rotatable bonds is 4. The summed E-state index contributed by atoms with van der Waals surface area (Å²) in [4.78, 5) is 11.1. The maximum absolute atomic E-state index is 6.66. The second-order valence-electron chi connectivity index (χ2n) is 10.9. The Bertz CT molecular complexity index is 730. The first-order chi connectivity index (χ1) is 13.6. The topological polar surface area (TPSA) is 27.7 Å². The summed E-state index contributed by atoms with van der Waals surface area (Å²) in [6.07, 6.45) is 16.2. The number of ether oxygens (including phenoxy) is 1. The minimum Gasteiger partial charge on any atom is -0.374 e. The Morgan fingerprint density at radius 1 is 1.25 bits per heavy atom. The zero-order valence-electron chi connectivity index (χ0n) is 17.7. The quantitative estimate of drug-likeness (QED) is 0.446. The predicted molar refractivity (Wildman–Crippen MR) is 109 cm³/mol. The van der Waals surface area contributed by atoms with Crippen molar-refractivity contribution in [3.05, 3.63) is 22.8 Å². The SMILES string of the molecule is CCCCO[C@@]12C[C@@H]1C[C@H]1[C@@H]3CCC4=C(CCC5(CCOO5)C4)C3=CC[C@@]12C. The van der Waals surface area contributed by atoms with Gasteiger partial charge in [0.1, 0.15) is 5.60 Å². The van der Waals surface area contributed by atoms with E-state index in [9.17, 15) is 0 Å². The van der Waals surface area contributed by atoms with E-state index in [1.807, 2.05) is 0 Å². The molecular weight excluding hydrogens is 348 g/mol. The highest BCUT2D eigenvalue weighted by atomic mass is 17.2. The average molecular weight is 385 g/mol. The summed E-state index contributed by atoms with van der Waals surface area (Å²) in [5, 5.41) is 0. The highest BCUT2D eigenvalue weighted by molar-refractivity contribution is 5.46. The molecule has 0 N–H and O–H groups in total. The lowest BCUT2D eigenvalue weighted by atomic mass is 9.56. The van der Waals surface area contributed by atoms with E-state index in [-0.39, 0.29) is 11.2 Å². The summed E-state index contributed by atoms with van der Waals surface area (Å²) >= 11 is 0. The molecule has 5 aliphatic carbocycles. The van der Waals surface area contributed by atoms with E-state index in [2.05, 4.69) is 19.9 Å². The third-order valence-corrected chi connectivity index (χ3v) is 9.64. The predicted octanol–water partition coefficient (Wildman–Crippen LogP) is 5.90. The molecule has 6 atom stereocenters. The van der Waals surface area contributed by atoms with Crippen LogP contribution in [0.3, 0.4) is 0 Å². The Balaban J connectivity index is 1.27. The van der Waals surface area contributed by atoms with Crippen LogP contribution in [0.15, 0.2) is 22.8 Å². The second-order valence-corrected chi connectivity index (χ2v) is 10.9. The van der Waals surface area contributed by atoms with Crippen LogP contribution in [0.2, 0.25) is 0 Å². The van der Waals surface area contributed by atoms with E-state index < -0.39 is 0 Å². The fourth-order valence-electron chi connectivity index (χ4n) is 7.98. The molecule has 6 rings (SSSR count). The highest BCUT2D eigenvalue weighted by Crippen LogP contribution is 2.75. The molecule has 3 heteroatoms. The van der Waals surface area contributed by atoms with Gasteiger partial charge in [0.15, 0.2) is 0 Å². The van der Waals surface area contributed by atoms with Crippen molar-refractivity contribution in [2.24, 2.45) is 23.2 Å². The smallest absolute Gasteiger partial charge is 0.110 e. The van der Waals surface area contributed by atoms with Crippen molar-refractivity contribution in [2.45, 2.75) is 95.7 Å². The van der Waals surface area contributed by atoms with Gasteiger partial charge in [0.05, 0.1) is 12.2 Å². The standard InChI is InChI=1S/C25H36O3/c1-3-4-12-26-25-16-18(25)14-22-21-6-5-17-15-24(11-13-27-28-24)10-8-19(17)20(21)7-9-23(22,25)2/h7,18,21-22H,3-6,8-16H2,1-2H3/t18-,21+,22-,23-,24?,25-/m0/s1. The molecule has 0 amide bonds. The van der Waals surface area contributed by atoms with Gasteiger partial charge in [-0.25, -0.2) is 9.78 Å². The summed E-state index contributed by atoms with van der Waals surface area (Å²) in [7, 11) is 0. The largest absolute Gasteiger partial charge is 0.374 e. The summed E-state index contributed by atoms with van der Waals surface area (Å²) in [5.74, 6) is 2.46. The summed E-state index contributed by atoms with van der Waals surface area (Å²) in [6, 6.07) is 0. The van der Waals surface area contributed by atoms with Crippen LogP contribution in [0.4, 0.5) is 0 Å². The Kier molecular flexibility index (Phi) is 4.01. The second kappa shape index (κ2) is 6.18. The van der Waals surface area contributed by atoms with E-state index in [0.29, 0.717) is 5.41 Å². The lowest BCUT2D eigenvalue weighted by molar-refractivity contribution is -0.310. The van der Waals surface area contributed by atoms with Crippen molar-refractivity contribution in [3.63, 3.8) is 0 Å². The number of unbranched alkanes of at least 4 members (excludes halogenated alkanes) is 1. The Labute approximate surface area is 169 Å². The molecule has 0 radical (unpaired) electrons. The molecule has 0 aromatic heterocycles. The van der Waals surface area contributed by atoms with Crippen molar-refractivity contribution < 1.29 is 14.5 Å². The van der Waals surface area contributed by atoms with Crippen molar-refractivity contribution in [1.29, 1.82) is 0 Å². The first kappa shape index (κ1) is 18.2. The first-order valence-electron chi connectivity index (χ1n) is 12.0. The molecule has 1 unspecified atom stereocenters. The van der Waals surface area contributed by atoms with Crippen LogP contribution in [0.25, 0.3) is 0 Å². The molecule has 0 aromatic rings. The van der Waals surface area contributed by atoms with Gasteiger partial charge in [0, 0.05) is 24.9 Å². The van der Waals surface area contributed by atoms with E-state index >= 15 is 0 Å². The summed E-state index contributed by atoms with van der Waals surface area (Å²) in [6.45, 7) is 6.59. The fourth-order valence-corrected chi connectivity index (χ4v) is 7.98. The Hall–Kier alpha value is -0.640. The number of hydrogen-bond donors (Lipinski definition) is 0. The number of fused-ring (bicyclic) bond motifs is 6. The van der Waals surface area contributed by atoms with E-state index in [0.717, 1.165) is 50.2 Å². The molecule has 1 saturated heterocycles. The highest BCUT2D eigenvalue weighted by Gasteiger charge is 2.74. The number of allylic oxidation sites excluding steroid dienone is 3. The van der Waals surface area contributed by atoms with Crippen molar-refractivity contribution in [2.75, 3.05) is 13.2 Å². The molecule has 6 aliphatic rings. The molecule has 2 saturated carbocycles. The normalized spacial score (nSPS) is 48.8. The molecule has 28 heavy (non-hydrogen) atoms. The van der Waals surface area contributed by atoms with Crippen LogP contribution in [0.1, 0.15) is 84.5 Å². The summed E-state index contributed by atoms with van der Waals surface area (Å²) in [5.41, 5.74) is 5.75. The van der Waals surface area contributed by atoms with Crippen LogP contribution in [0, 0.1) is 23.2 Å². The van der Waals surface area contributed by atoms with Gasteiger partial charge in [-0.1, -0.05) is 31.9 Å². The van der Waals surface area contributed by atoms with Crippen molar-refractivity contribution in [1.82, 2.24) is 0 Å². The Morgan fingerprint density at radius 2 is 2.18 bits per heavy atom. The maximum atomic E-state index is 6.66. The fraction of sp³-hybridized carbons (Fsp3) is 0.840. The minimum atomic E-state index is 0.00156. The van der Waals surface area contributed by atoms with Gasteiger partial charge >= 0.3 is 0 Å². The first-order valence-corrected chi connectivity index (χ1v) is 12.0. The van der Waals surface area contributed by atoms with Crippen LogP contribution in [0.5, 0.6) is 0 Å². The molecule has 1 heterocycles. The van der Waals surface area contributed by atoms with Gasteiger partial charge in [-0.05, 0) is 80.3 Å². The molecular formula is C25H36O3. The minimum absolute atomic E-state index is 0.00156. The maximum Gasteiger partial charge on any atom is 0.110 e. The van der Waals surface area contributed by atoms with Gasteiger partial charge < -0.3 is 4.74 Å². The molecule has 3 fully saturated rings. The molecule has 0 bridgehead atoms. The van der Waals surface area contributed by atoms with Crippen LogP contribution in [-0.2, 0) is 14.5 Å². The summed E-state index contributed by atoms with van der Waals surface area (Å²) < 4.78 is 6.66. The molecule has 1 spiro atoms.